The van der Waals surface area contributed by atoms with Crippen LogP contribution < -0.4 is 15.5 Å². The Morgan fingerprint density at radius 2 is 1.78 bits per heavy atom. The summed E-state index contributed by atoms with van der Waals surface area (Å²) >= 11 is 0. The van der Waals surface area contributed by atoms with Crippen molar-refractivity contribution < 1.29 is 13.2 Å². The number of aromatic nitrogens is 5. The van der Waals surface area contributed by atoms with Gasteiger partial charge in [-0.15, -0.1) is 0 Å². The standard InChI is InChI=1S/C21H25F3N8/c22-21(23,24)15-10-27-19(28-11-15)30-16-2-1-8-31(13-16)20-29-12-17-18(26-7-9-32(17)20)14-3-5-25-6-4-14/h7,9-12,14,16,25H,1-6,8,13H2,(H,27,28,30). The number of halogens is 3. The Labute approximate surface area is 183 Å². The zero-order valence-corrected chi connectivity index (χ0v) is 17.5. The van der Waals surface area contributed by atoms with Gasteiger partial charge in [0.05, 0.1) is 23.0 Å². The molecule has 2 aliphatic rings. The molecular formula is C21H25F3N8. The first-order chi connectivity index (χ1) is 15.5. The lowest BCUT2D eigenvalue weighted by molar-refractivity contribution is -0.138. The van der Waals surface area contributed by atoms with E-state index in [0.717, 1.165) is 74.9 Å². The molecular weight excluding hydrogens is 421 g/mol. The molecule has 1 atom stereocenters. The summed E-state index contributed by atoms with van der Waals surface area (Å²) in [6, 6.07) is 0.0126. The zero-order chi connectivity index (χ0) is 22.1. The van der Waals surface area contributed by atoms with Crippen molar-refractivity contribution in [1.82, 2.24) is 29.7 Å². The Hall–Kier alpha value is -2.95. The Morgan fingerprint density at radius 3 is 2.53 bits per heavy atom. The fourth-order valence-corrected chi connectivity index (χ4v) is 4.59. The summed E-state index contributed by atoms with van der Waals surface area (Å²) in [6.45, 7) is 3.52. The third kappa shape index (κ3) is 4.21. The highest BCUT2D eigenvalue weighted by molar-refractivity contribution is 5.58. The highest BCUT2D eigenvalue weighted by Gasteiger charge is 2.31. The molecule has 0 amide bonds. The van der Waals surface area contributed by atoms with Gasteiger partial charge in [0, 0.05) is 49.8 Å². The first kappa shape index (κ1) is 20.9. The van der Waals surface area contributed by atoms with Crippen molar-refractivity contribution >= 4 is 17.4 Å². The molecule has 3 aromatic rings. The number of fused-ring (bicyclic) bond motifs is 1. The molecule has 0 radical (unpaired) electrons. The average Bonchev–Trinajstić information content (AvgIpc) is 3.24. The quantitative estimate of drug-likeness (QED) is 0.637. The molecule has 1 unspecified atom stereocenters. The number of rotatable bonds is 4. The molecule has 11 heteroatoms. The van der Waals surface area contributed by atoms with Crippen LogP contribution >= 0.6 is 0 Å². The van der Waals surface area contributed by atoms with E-state index < -0.39 is 11.7 Å². The molecule has 0 spiro atoms. The van der Waals surface area contributed by atoms with Crippen LogP contribution in [-0.2, 0) is 6.18 Å². The van der Waals surface area contributed by atoms with Crippen molar-refractivity contribution in [3.05, 3.63) is 42.2 Å². The molecule has 0 aliphatic carbocycles. The Kier molecular flexibility index (Phi) is 5.58. The maximum absolute atomic E-state index is 12.7. The predicted molar refractivity (Wildman–Crippen MR) is 114 cm³/mol. The molecule has 2 N–H and O–H groups in total. The summed E-state index contributed by atoms with van der Waals surface area (Å²) in [5.74, 6) is 1.49. The van der Waals surface area contributed by atoms with E-state index in [2.05, 4.69) is 34.9 Å². The minimum atomic E-state index is -4.44. The molecule has 170 valence electrons. The van der Waals surface area contributed by atoms with E-state index in [1.807, 2.05) is 18.6 Å². The van der Waals surface area contributed by atoms with Crippen LogP contribution in [0.5, 0.6) is 0 Å². The number of nitrogens with one attached hydrogen (secondary N) is 2. The molecule has 2 aliphatic heterocycles. The lowest BCUT2D eigenvalue weighted by Crippen LogP contribution is -2.43. The molecule has 5 rings (SSSR count). The predicted octanol–water partition coefficient (Wildman–Crippen LogP) is 3.09. The van der Waals surface area contributed by atoms with Crippen LogP contribution in [0.4, 0.5) is 25.1 Å². The van der Waals surface area contributed by atoms with E-state index in [-0.39, 0.29) is 12.0 Å². The Balaban J connectivity index is 1.32. The molecule has 2 saturated heterocycles. The van der Waals surface area contributed by atoms with Crippen LogP contribution in [0.15, 0.2) is 31.0 Å². The fraction of sp³-hybridized carbons (Fsp3) is 0.524. The van der Waals surface area contributed by atoms with Crippen LogP contribution in [0, 0.1) is 0 Å². The first-order valence-corrected chi connectivity index (χ1v) is 10.9. The second-order valence-corrected chi connectivity index (χ2v) is 8.37. The number of nitrogens with zero attached hydrogens (tertiary/aromatic N) is 6. The molecule has 0 bridgehead atoms. The second-order valence-electron chi connectivity index (χ2n) is 8.37. The molecule has 2 fully saturated rings. The maximum atomic E-state index is 12.7. The smallest absolute Gasteiger partial charge is 0.350 e. The third-order valence-electron chi connectivity index (χ3n) is 6.21. The average molecular weight is 446 g/mol. The summed E-state index contributed by atoms with van der Waals surface area (Å²) < 4.78 is 40.3. The first-order valence-electron chi connectivity index (χ1n) is 10.9. The summed E-state index contributed by atoms with van der Waals surface area (Å²) in [5, 5.41) is 6.57. The van der Waals surface area contributed by atoms with Crippen LogP contribution in [-0.4, -0.2) is 56.6 Å². The van der Waals surface area contributed by atoms with Crippen molar-refractivity contribution in [3.63, 3.8) is 0 Å². The highest BCUT2D eigenvalue weighted by atomic mass is 19.4. The van der Waals surface area contributed by atoms with Gasteiger partial charge in [-0.3, -0.25) is 9.38 Å². The normalized spacial score (nSPS) is 20.6. The van der Waals surface area contributed by atoms with Gasteiger partial charge in [0.15, 0.2) is 0 Å². The van der Waals surface area contributed by atoms with E-state index >= 15 is 0 Å². The molecule has 32 heavy (non-hydrogen) atoms. The van der Waals surface area contributed by atoms with E-state index in [9.17, 15) is 13.2 Å². The van der Waals surface area contributed by atoms with Gasteiger partial charge in [0.1, 0.15) is 0 Å². The van der Waals surface area contributed by atoms with Gasteiger partial charge in [-0.05, 0) is 38.8 Å². The number of hydrogen-bond acceptors (Lipinski definition) is 7. The minimum absolute atomic E-state index is 0.0126. The van der Waals surface area contributed by atoms with E-state index in [0.29, 0.717) is 12.5 Å². The second kappa shape index (κ2) is 8.53. The largest absolute Gasteiger partial charge is 0.419 e. The molecule has 5 heterocycles. The monoisotopic (exact) mass is 446 g/mol. The number of piperidine rings is 2. The van der Waals surface area contributed by atoms with E-state index in [1.54, 1.807) is 0 Å². The van der Waals surface area contributed by atoms with Crippen LogP contribution in [0.25, 0.3) is 5.52 Å². The van der Waals surface area contributed by atoms with Gasteiger partial charge in [-0.1, -0.05) is 0 Å². The highest BCUT2D eigenvalue weighted by Crippen LogP contribution is 2.30. The minimum Gasteiger partial charge on any atom is -0.350 e. The van der Waals surface area contributed by atoms with Crippen molar-refractivity contribution in [3.8, 4) is 0 Å². The van der Waals surface area contributed by atoms with E-state index in [1.165, 1.54) is 0 Å². The van der Waals surface area contributed by atoms with Gasteiger partial charge < -0.3 is 15.5 Å². The number of hydrogen-bond donors (Lipinski definition) is 2. The third-order valence-corrected chi connectivity index (χ3v) is 6.21. The maximum Gasteiger partial charge on any atom is 0.419 e. The van der Waals surface area contributed by atoms with Gasteiger partial charge in [0.25, 0.3) is 0 Å². The Bertz CT molecular complexity index is 1060. The number of anilines is 2. The van der Waals surface area contributed by atoms with E-state index in [4.69, 9.17) is 4.98 Å². The summed E-state index contributed by atoms with van der Waals surface area (Å²) in [4.78, 5) is 19.3. The summed E-state index contributed by atoms with van der Waals surface area (Å²) in [6.07, 6.45) is 6.81. The van der Waals surface area contributed by atoms with Crippen molar-refractivity contribution in [1.29, 1.82) is 0 Å². The van der Waals surface area contributed by atoms with Crippen LogP contribution in [0.2, 0.25) is 0 Å². The fourth-order valence-electron chi connectivity index (χ4n) is 4.59. The molecule has 3 aromatic heterocycles. The Morgan fingerprint density at radius 1 is 1.00 bits per heavy atom. The summed E-state index contributed by atoms with van der Waals surface area (Å²) in [5.41, 5.74) is 1.28. The van der Waals surface area contributed by atoms with Gasteiger partial charge >= 0.3 is 6.18 Å². The molecule has 0 aromatic carbocycles. The number of alkyl halides is 3. The van der Waals surface area contributed by atoms with Crippen molar-refractivity contribution in [2.45, 2.75) is 43.8 Å². The zero-order valence-electron chi connectivity index (χ0n) is 17.5. The van der Waals surface area contributed by atoms with Gasteiger partial charge in [-0.25, -0.2) is 15.0 Å². The van der Waals surface area contributed by atoms with Gasteiger partial charge in [0.2, 0.25) is 11.9 Å². The summed E-state index contributed by atoms with van der Waals surface area (Å²) in [7, 11) is 0. The SMILES string of the molecule is FC(F)(F)c1cnc(NC2CCCN(c3ncc4c(C5CCNCC5)nccn34)C2)nc1. The number of imidazole rings is 1. The topological polar surface area (TPSA) is 83.3 Å². The van der Waals surface area contributed by atoms with Crippen molar-refractivity contribution in [2.24, 2.45) is 0 Å². The van der Waals surface area contributed by atoms with Crippen LogP contribution in [0.3, 0.4) is 0 Å². The van der Waals surface area contributed by atoms with Gasteiger partial charge in [-0.2, -0.15) is 13.2 Å². The lowest BCUT2D eigenvalue weighted by atomic mass is 9.94. The molecule has 0 saturated carbocycles. The lowest BCUT2D eigenvalue weighted by Gasteiger charge is -2.33. The van der Waals surface area contributed by atoms with Crippen LogP contribution in [0.1, 0.15) is 42.9 Å². The molecule has 8 nitrogen and oxygen atoms in total. The van der Waals surface area contributed by atoms with Crippen molar-refractivity contribution in [2.75, 3.05) is 36.4 Å².